The molecule has 1 aromatic heterocycles. The van der Waals surface area contributed by atoms with E-state index in [1.54, 1.807) is 4.90 Å². The molecule has 0 aliphatic carbocycles. The van der Waals surface area contributed by atoms with Gasteiger partial charge in [-0.25, -0.2) is 4.98 Å². The third-order valence-corrected chi connectivity index (χ3v) is 4.16. The van der Waals surface area contributed by atoms with Crippen LogP contribution < -0.4 is 5.73 Å². The number of carbonyl (C=O) groups excluding carboxylic acids is 1. The maximum Gasteiger partial charge on any atom is 0.253 e. The SMILES string of the molecule is Cc1nc(-c2cccc(C(=O)N(CCN)CCc3ccccc3)c2)n[nH]1.Cl.Cl. The molecule has 6 nitrogen and oxygen atoms in total. The van der Waals surface area contributed by atoms with Gasteiger partial charge >= 0.3 is 0 Å². The molecule has 0 radical (unpaired) electrons. The fourth-order valence-corrected chi connectivity index (χ4v) is 2.83. The predicted octanol–water partition coefficient (Wildman–Crippen LogP) is 3.27. The van der Waals surface area contributed by atoms with Gasteiger partial charge in [-0.05, 0) is 31.0 Å². The van der Waals surface area contributed by atoms with Crippen LogP contribution in [0.1, 0.15) is 21.7 Å². The quantitative estimate of drug-likeness (QED) is 0.612. The van der Waals surface area contributed by atoms with Crippen LogP contribution in [0.5, 0.6) is 0 Å². The molecule has 1 amide bonds. The minimum Gasteiger partial charge on any atom is -0.337 e. The fourth-order valence-electron chi connectivity index (χ4n) is 2.83. The summed E-state index contributed by atoms with van der Waals surface area (Å²) in [5, 5.41) is 6.99. The molecule has 0 fully saturated rings. The Morgan fingerprint density at radius 2 is 1.82 bits per heavy atom. The highest BCUT2D eigenvalue weighted by Crippen LogP contribution is 2.17. The highest BCUT2D eigenvalue weighted by molar-refractivity contribution is 5.95. The first kappa shape index (κ1) is 23.6. The Morgan fingerprint density at radius 3 is 2.46 bits per heavy atom. The fraction of sp³-hybridized carbons (Fsp3) is 0.250. The van der Waals surface area contributed by atoms with Gasteiger partial charge in [0.2, 0.25) is 0 Å². The van der Waals surface area contributed by atoms with E-state index >= 15 is 0 Å². The lowest BCUT2D eigenvalue weighted by Gasteiger charge is -2.22. The second-order valence-electron chi connectivity index (χ2n) is 6.14. The van der Waals surface area contributed by atoms with E-state index in [2.05, 4.69) is 27.3 Å². The minimum absolute atomic E-state index is 0. The van der Waals surface area contributed by atoms with E-state index < -0.39 is 0 Å². The molecule has 0 unspecified atom stereocenters. The molecule has 1 heterocycles. The van der Waals surface area contributed by atoms with Crippen LogP contribution in [0, 0.1) is 6.92 Å². The number of benzene rings is 2. The third kappa shape index (κ3) is 6.05. The van der Waals surface area contributed by atoms with Gasteiger partial charge in [-0.1, -0.05) is 42.5 Å². The zero-order valence-electron chi connectivity index (χ0n) is 15.7. The van der Waals surface area contributed by atoms with Gasteiger partial charge < -0.3 is 10.6 Å². The van der Waals surface area contributed by atoms with E-state index in [0.717, 1.165) is 17.8 Å². The Balaban J connectivity index is 0.00000196. The van der Waals surface area contributed by atoms with Crippen LogP contribution in [0.4, 0.5) is 0 Å². The molecule has 8 heteroatoms. The number of hydrogen-bond acceptors (Lipinski definition) is 4. The Hall–Kier alpha value is -2.41. The molecule has 0 aliphatic heterocycles. The molecule has 0 saturated heterocycles. The van der Waals surface area contributed by atoms with E-state index in [0.29, 0.717) is 31.0 Å². The molecule has 150 valence electrons. The van der Waals surface area contributed by atoms with E-state index in [4.69, 9.17) is 5.73 Å². The highest BCUT2D eigenvalue weighted by Gasteiger charge is 2.16. The molecule has 3 N–H and O–H groups in total. The summed E-state index contributed by atoms with van der Waals surface area (Å²) in [5.74, 6) is 1.30. The van der Waals surface area contributed by atoms with Crippen LogP contribution in [0.15, 0.2) is 54.6 Å². The lowest BCUT2D eigenvalue weighted by molar-refractivity contribution is 0.0762. The number of amides is 1. The van der Waals surface area contributed by atoms with Crippen LogP contribution >= 0.6 is 24.8 Å². The van der Waals surface area contributed by atoms with Crippen molar-refractivity contribution in [2.75, 3.05) is 19.6 Å². The Kier molecular flexibility index (Phi) is 9.65. The third-order valence-electron chi connectivity index (χ3n) is 4.16. The summed E-state index contributed by atoms with van der Waals surface area (Å²) in [6.45, 7) is 3.43. The van der Waals surface area contributed by atoms with Crippen LogP contribution in [0.25, 0.3) is 11.4 Å². The maximum absolute atomic E-state index is 13.0. The van der Waals surface area contributed by atoms with Crippen molar-refractivity contribution in [3.63, 3.8) is 0 Å². The highest BCUT2D eigenvalue weighted by atomic mass is 35.5. The minimum atomic E-state index is -0.0273. The number of aromatic amines is 1. The summed E-state index contributed by atoms with van der Waals surface area (Å²) in [7, 11) is 0. The second-order valence-corrected chi connectivity index (χ2v) is 6.14. The smallest absolute Gasteiger partial charge is 0.253 e. The summed E-state index contributed by atoms with van der Waals surface area (Å²) < 4.78 is 0. The molecule has 0 saturated carbocycles. The van der Waals surface area contributed by atoms with Crippen molar-refractivity contribution >= 4 is 30.7 Å². The first-order valence-corrected chi connectivity index (χ1v) is 8.70. The number of rotatable bonds is 7. The first-order chi connectivity index (χ1) is 12.7. The molecular formula is C20H25Cl2N5O. The van der Waals surface area contributed by atoms with Crippen LogP contribution in [-0.2, 0) is 6.42 Å². The van der Waals surface area contributed by atoms with Crippen LogP contribution in [-0.4, -0.2) is 45.6 Å². The van der Waals surface area contributed by atoms with E-state index in [1.807, 2.05) is 49.4 Å². The Morgan fingerprint density at radius 1 is 1.07 bits per heavy atom. The van der Waals surface area contributed by atoms with Gasteiger partial charge in [-0.3, -0.25) is 9.89 Å². The number of halogens is 2. The zero-order chi connectivity index (χ0) is 18.4. The summed E-state index contributed by atoms with van der Waals surface area (Å²) in [4.78, 5) is 19.1. The van der Waals surface area contributed by atoms with Gasteiger partial charge in [0.25, 0.3) is 5.91 Å². The van der Waals surface area contributed by atoms with Crippen molar-refractivity contribution in [3.8, 4) is 11.4 Å². The predicted molar refractivity (Wildman–Crippen MR) is 116 cm³/mol. The molecule has 0 atom stereocenters. The number of hydrogen-bond donors (Lipinski definition) is 2. The molecule has 2 aromatic carbocycles. The van der Waals surface area contributed by atoms with Crippen molar-refractivity contribution in [2.45, 2.75) is 13.3 Å². The average molecular weight is 422 g/mol. The molecule has 0 bridgehead atoms. The largest absolute Gasteiger partial charge is 0.337 e. The number of nitrogens with one attached hydrogen (secondary N) is 1. The average Bonchev–Trinajstić information content (AvgIpc) is 3.12. The second kappa shape index (κ2) is 11.4. The van der Waals surface area contributed by atoms with E-state index in [1.165, 1.54) is 5.56 Å². The lowest BCUT2D eigenvalue weighted by Crippen LogP contribution is -2.37. The summed E-state index contributed by atoms with van der Waals surface area (Å²) in [6.07, 6.45) is 0.798. The summed E-state index contributed by atoms with van der Waals surface area (Å²) in [5.41, 5.74) is 8.35. The van der Waals surface area contributed by atoms with Gasteiger partial charge in [-0.2, -0.15) is 5.10 Å². The lowest BCUT2D eigenvalue weighted by atomic mass is 10.1. The maximum atomic E-state index is 13.0. The van der Waals surface area contributed by atoms with E-state index in [-0.39, 0.29) is 30.7 Å². The molecule has 28 heavy (non-hydrogen) atoms. The van der Waals surface area contributed by atoms with Crippen molar-refractivity contribution in [1.29, 1.82) is 0 Å². The number of carbonyl (C=O) groups is 1. The number of aryl methyl sites for hydroxylation is 1. The van der Waals surface area contributed by atoms with E-state index in [9.17, 15) is 4.79 Å². The summed E-state index contributed by atoms with van der Waals surface area (Å²) in [6, 6.07) is 17.5. The number of aromatic nitrogens is 3. The Labute approximate surface area is 177 Å². The van der Waals surface area contributed by atoms with Crippen molar-refractivity contribution in [2.24, 2.45) is 5.73 Å². The van der Waals surface area contributed by atoms with Gasteiger partial charge in [0.1, 0.15) is 5.82 Å². The first-order valence-electron chi connectivity index (χ1n) is 8.70. The van der Waals surface area contributed by atoms with Gasteiger partial charge in [0, 0.05) is 30.8 Å². The van der Waals surface area contributed by atoms with Crippen LogP contribution in [0.2, 0.25) is 0 Å². The monoisotopic (exact) mass is 421 g/mol. The molecule has 0 aliphatic rings. The molecule has 3 aromatic rings. The van der Waals surface area contributed by atoms with Gasteiger partial charge in [0.05, 0.1) is 0 Å². The number of H-pyrrole nitrogens is 1. The normalized spacial score (nSPS) is 9.93. The van der Waals surface area contributed by atoms with Crippen molar-refractivity contribution < 1.29 is 4.79 Å². The molecule has 3 rings (SSSR count). The van der Waals surface area contributed by atoms with Gasteiger partial charge in [-0.15, -0.1) is 24.8 Å². The zero-order valence-corrected chi connectivity index (χ0v) is 17.3. The summed E-state index contributed by atoms with van der Waals surface area (Å²) >= 11 is 0. The van der Waals surface area contributed by atoms with Crippen LogP contribution in [0.3, 0.4) is 0 Å². The molecule has 0 spiro atoms. The van der Waals surface area contributed by atoms with Crippen molar-refractivity contribution in [3.05, 3.63) is 71.5 Å². The topological polar surface area (TPSA) is 87.9 Å². The molecular weight excluding hydrogens is 397 g/mol. The van der Waals surface area contributed by atoms with Gasteiger partial charge in [0.15, 0.2) is 5.82 Å². The Bertz CT molecular complexity index is 870. The number of nitrogens with zero attached hydrogens (tertiary/aromatic N) is 3. The standard InChI is InChI=1S/C20H23N5O.2ClH/c1-15-22-19(24-23-15)17-8-5-9-18(14-17)20(26)25(13-11-21)12-10-16-6-3-2-4-7-16;;/h2-9,14H,10-13,21H2,1H3,(H,22,23,24);2*1H. The number of nitrogens with two attached hydrogens (primary N) is 1. The van der Waals surface area contributed by atoms with Crippen molar-refractivity contribution in [1.82, 2.24) is 20.1 Å².